The van der Waals surface area contributed by atoms with E-state index in [4.69, 9.17) is 29.0 Å². The third kappa shape index (κ3) is 6.17. The highest BCUT2D eigenvalue weighted by Crippen LogP contribution is 2.48. The number of benzene rings is 1. The van der Waals surface area contributed by atoms with Gasteiger partial charge in [0, 0.05) is 19.7 Å². The second-order valence-corrected chi connectivity index (χ2v) is 11.7. The molecule has 2 aromatic heterocycles. The largest absolute Gasteiger partial charge is 0.459 e. The van der Waals surface area contributed by atoms with Crippen molar-refractivity contribution in [1.29, 1.82) is 0 Å². The van der Waals surface area contributed by atoms with Crippen LogP contribution in [0, 0.1) is 0 Å². The molecular formula is C26H33N6O9P. The number of nitrogens with two attached hydrogens (primary N) is 1. The van der Waals surface area contributed by atoms with Crippen LogP contribution in [0.1, 0.15) is 25.1 Å². The molecule has 3 aromatic rings. The van der Waals surface area contributed by atoms with E-state index in [1.54, 1.807) is 42.5 Å². The fourth-order valence-corrected chi connectivity index (χ4v) is 6.32. The fraction of sp³-hybridized carbons (Fsp3) is 0.462. The summed E-state index contributed by atoms with van der Waals surface area (Å²) in [5.74, 6) is -0.268. The fourth-order valence-electron chi connectivity index (χ4n) is 4.79. The number of anilines is 1. The average molecular weight is 605 g/mol. The summed E-state index contributed by atoms with van der Waals surface area (Å²) in [4.78, 5) is 20.7. The number of esters is 1. The first-order chi connectivity index (χ1) is 20.1. The Balaban J connectivity index is 1.39. The minimum atomic E-state index is -4.35. The molecule has 0 amide bonds. The van der Waals surface area contributed by atoms with Crippen molar-refractivity contribution in [2.45, 2.75) is 49.4 Å². The maximum Gasteiger partial charge on any atom is 0.459 e. The van der Waals surface area contributed by atoms with Crippen molar-refractivity contribution in [1.82, 2.24) is 19.7 Å². The van der Waals surface area contributed by atoms with Crippen molar-refractivity contribution in [2.75, 3.05) is 32.6 Å². The summed E-state index contributed by atoms with van der Waals surface area (Å²) in [6.07, 6.45) is -1.50. The van der Waals surface area contributed by atoms with Crippen LogP contribution in [0.2, 0.25) is 0 Å². The minimum Gasteiger partial charge on any atom is -0.459 e. The van der Waals surface area contributed by atoms with Gasteiger partial charge in [0.05, 0.1) is 25.5 Å². The van der Waals surface area contributed by atoms with Crippen LogP contribution in [0.3, 0.4) is 0 Å². The lowest BCUT2D eigenvalue weighted by Crippen LogP contribution is -2.49. The van der Waals surface area contributed by atoms with E-state index in [2.05, 4.69) is 20.2 Å². The van der Waals surface area contributed by atoms with E-state index >= 15 is 0 Å². The number of nitrogens with one attached hydrogen (secondary N) is 1. The Kier molecular flexibility index (Phi) is 8.89. The van der Waals surface area contributed by atoms with Crippen LogP contribution >= 0.6 is 7.75 Å². The first-order valence-electron chi connectivity index (χ1n) is 13.3. The zero-order valence-corrected chi connectivity index (χ0v) is 23.9. The summed E-state index contributed by atoms with van der Waals surface area (Å²) in [7, 11) is -2.90. The van der Waals surface area contributed by atoms with Gasteiger partial charge in [-0.15, -0.1) is 0 Å². The van der Waals surface area contributed by atoms with Gasteiger partial charge in [0.1, 0.15) is 48.1 Å². The number of nitrogens with zero attached hydrogens (tertiary/aromatic N) is 4. The number of aromatic nitrogens is 3. The van der Waals surface area contributed by atoms with Gasteiger partial charge < -0.3 is 34.7 Å². The Hall–Kier alpha value is -3.43. The van der Waals surface area contributed by atoms with Crippen molar-refractivity contribution in [3.05, 3.63) is 54.5 Å². The molecule has 7 atom stereocenters. The Labute approximate surface area is 241 Å². The molecule has 0 spiro atoms. The topological polar surface area (TPSA) is 201 Å². The van der Waals surface area contributed by atoms with Crippen LogP contribution in [0.25, 0.3) is 5.52 Å². The lowest BCUT2D eigenvalue weighted by Gasteiger charge is -2.30. The molecule has 15 nitrogen and oxygen atoms in total. The van der Waals surface area contributed by atoms with Gasteiger partial charge in [0.15, 0.2) is 11.4 Å². The van der Waals surface area contributed by atoms with E-state index in [-0.39, 0.29) is 18.2 Å². The van der Waals surface area contributed by atoms with Crippen LogP contribution in [-0.4, -0.2) is 93.8 Å². The van der Waals surface area contributed by atoms with Gasteiger partial charge in [-0.25, -0.2) is 14.1 Å². The van der Waals surface area contributed by atoms with Crippen LogP contribution in [0.5, 0.6) is 5.75 Å². The van der Waals surface area contributed by atoms with E-state index in [0.29, 0.717) is 24.2 Å². The number of aliphatic hydroxyl groups excluding tert-OH is 2. The van der Waals surface area contributed by atoms with Crippen molar-refractivity contribution >= 4 is 31.3 Å². The number of fused-ring (bicyclic) bond motifs is 1. The first-order valence-corrected chi connectivity index (χ1v) is 14.8. The maximum absolute atomic E-state index is 14.1. The molecule has 0 bridgehead atoms. The first kappa shape index (κ1) is 30.0. The van der Waals surface area contributed by atoms with Gasteiger partial charge in [-0.1, -0.05) is 18.2 Å². The third-order valence-corrected chi connectivity index (χ3v) is 8.56. The Morgan fingerprint density at radius 1 is 1.33 bits per heavy atom. The van der Waals surface area contributed by atoms with Gasteiger partial charge in [-0.2, -0.15) is 10.2 Å². The zero-order chi connectivity index (χ0) is 29.9. The number of nitrogen functional groups attached to an aromatic ring is 1. The molecule has 0 radical (unpaired) electrons. The molecule has 2 fully saturated rings. The highest BCUT2D eigenvalue weighted by Gasteiger charge is 2.56. The number of aliphatic hydroxyl groups is 2. The number of rotatable bonds is 11. The van der Waals surface area contributed by atoms with E-state index < -0.39 is 56.4 Å². The minimum absolute atomic E-state index is 0.194. The Morgan fingerprint density at radius 2 is 2.12 bits per heavy atom. The molecule has 2 saturated heterocycles. The van der Waals surface area contributed by atoms with Gasteiger partial charge in [-0.3, -0.25) is 14.3 Å². The summed E-state index contributed by atoms with van der Waals surface area (Å²) in [5.41, 5.74) is 5.02. The smallest absolute Gasteiger partial charge is 0.459 e. The van der Waals surface area contributed by atoms with E-state index in [1.165, 1.54) is 31.0 Å². The molecule has 2 aliphatic rings. The van der Waals surface area contributed by atoms with Crippen LogP contribution < -0.4 is 15.3 Å². The van der Waals surface area contributed by atoms with Gasteiger partial charge >= 0.3 is 13.7 Å². The normalized spacial score (nSPS) is 28.2. The summed E-state index contributed by atoms with van der Waals surface area (Å²) in [5, 5.41) is 29.1. The van der Waals surface area contributed by atoms with E-state index in [9.17, 15) is 19.6 Å². The summed E-state index contributed by atoms with van der Waals surface area (Å²) in [6.45, 7) is 1.63. The third-order valence-electron chi connectivity index (χ3n) is 6.94. The Morgan fingerprint density at radius 3 is 2.83 bits per heavy atom. The number of carbonyl (C=O) groups is 1. The monoisotopic (exact) mass is 604 g/mol. The summed E-state index contributed by atoms with van der Waals surface area (Å²) >= 11 is 0. The molecular weight excluding hydrogens is 571 g/mol. The Bertz CT molecular complexity index is 1470. The average Bonchev–Trinajstić information content (AvgIpc) is 3.70. The highest BCUT2D eigenvalue weighted by molar-refractivity contribution is 7.52. The molecule has 5 rings (SSSR count). The second kappa shape index (κ2) is 12.4. The highest BCUT2D eigenvalue weighted by atomic mass is 31.2. The summed E-state index contributed by atoms with van der Waals surface area (Å²) in [6, 6.07) is 10.4. The number of hydrogen-bond donors (Lipinski definition) is 4. The van der Waals surface area contributed by atoms with E-state index in [0.717, 1.165) is 0 Å². The zero-order valence-electron chi connectivity index (χ0n) is 23.0. The molecule has 226 valence electrons. The summed E-state index contributed by atoms with van der Waals surface area (Å²) < 4.78 is 43.9. The van der Waals surface area contributed by atoms with E-state index in [1.807, 2.05) is 0 Å². The predicted molar refractivity (Wildman–Crippen MR) is 149 cm³/mol. The SMILES string of the molecule is CN=C[C@]1(CO[P@@](=O)(N[C@@H](C)C(=O)O[C@H]2CCOC2)Oc2ccccc2)O[C@@H](c2ccc3c(N)ncnn23)[C@H](O)[C@@H]1O. The molecule has 42 heavy (non-hydrogen) atoms. The molecule has 0 unspecified atom stereocenters. The van der Waals surface area contributed by atoms with Crippen LogP contribution in [0.4, 0.5) is 5.82 Å². The molecule has 5 N–H and O–H groups in total. The maximum atomic E-state index is 14.1. The van der Waals surface area contributed by atoms with Gasteiger partial charge in [-0.05, 0) is 31.2 Å². The molecule has 1 aromatic carbocycles. The van der Waals surface area contributed by atoms with Crippen molar-refractivity contribution in [3.8, 4) is 5.75 Å². The van der Waals surface area contributed by atoms with Crippen molar-refractivity contribution in [2.24, 2.45) is 4.99 Å². The molecule has 0 saturated carbocycles. The number of ether oxygens (including phenoxy) is 3. The standard InChI is InChI=1S/C26H33N6O9P/c1-16(25(35)39-18-10-11-37-12-18)31-42(36,41-17-6-4-3-5-7-17)38-14-26(13-28-2)23(34)21(33)22(40-26)19-8-9-20-24(27)29-15-30-32(19)20/h3-9,13,15-16,18,21-23,33-34H,10-12,14H2,1-2H3,(H,31,36)(H2,27,29,30)/t16-,18-,21-,22-,23-,26+,42-/m0/s1. The molecule has 2 aliphatic heterocycles. The van der Waals surface area contributed by atoms with Crippen molar-refractivity contribution < 1.29 is 42.8 Å². The number of carbonyl (C=O) groups excluding carboxylic acids is 1. The lowest BCUT2D eigenvalue weighted by molar-refractivity contribution is -0.150. The number of hydrogen-bond acceptors (Lipinski definition) is 13. The molecule has 0 aliphatic carbocycles. The van der Waals surface area contributed by atoms with Crippen LogP contribution in [-0.2, 0) is 28.1 Å². The lowest BCUT2D eigenvalue weighted by atomic mass is 9.96. The molecule has 4 heterocycles. The number of aliphatic imine (C=N–C) groups is 1. The number of para-hydroxylation sites is 1. The van der Waals surface area contributed by atoms with Gasteiger partial charge in [0.25, 0.3) is 0 Å². The quantitative estimate of drug-likeness (QED) is 0.138. The van der Waals surface area contributed by atoms with Gasteiger partial charge in [0.2, 0.25) is 0 Å². The predicted octanol–water partition coefficient (Wildman–Crippen LogP) is 1.06. The van der Waals surface area contributed by atoms with Crippen LogP contribution in [0.15, 0.2) is 53.8 Å². The molecule has 16 heteroatoms. The second-order valence-electron chi connectivity index (χ2n) is 9.97. The van der Waals surface area contributed by atoms with Crippen molar-refractivity contribution in [3.63, 3.8) is 0 Å².